The molecule has 0 unspecified atom stereocenters. The molecule has 0 aliphatic carbocycles. The molecule has 0 spiro atoms. The lowest BCUT2D eigenvalue weighted by Crippen LogP contribution is -2.20. The van der Waals surface area contributed by atoms with Crippen LogP contribution in [0.5, 0.6) is 0 Å². The van der Waals surface area contributed by atoms with Gasteiger partial charge in [-0.15, -0.1) is 11.3 Å². The maximum Gasteiger partial charge on any atom is 0.240 e. The molecular weight excluding hydrogens is 322 g/mol. The Morgan fingerprint density at radius 3 is 2.64 bits per heavy atom. The number of carbonyl (C=O) groups is 2. The molecule has 0 atom stereocenters. The Balaban J connectivity index is 1.72. The molecule has 0 aliphatic rings. The second-order valence-corrected chi connectivity index (χ2v) is 5.72. The third-order valence-corrected chi connectivity index (χ3v) is 3.79. The van der Waals surface area contributed by atoms with Gasteiger partial charge in [0.1, 0.15) is 0 Å². The lowest BCUT2D eigenvalue weighted by atomic mass is 10.2. The predicted octanol–water partition coefficient (Wildman–Crippen LogP) is 3.27. The van der Waals surface area contributed by atoms with Gasteiger partial charge in [-0.3, -0.25) is 9.59 Å². The summed E-state index contributed by atoms with van der Waals surface area (Å²) in [4.78, 5) is 24.3. The number of hydrazone groups is 1. The maximum atomic E-state index is 11.7. The monoisotopic (exact) mass is 335 g/mol. The zero-order valence-corrected chi connectivity index (χ0v) is 13.2. The van der Waals surface area contributed by atoms with E-state index in [0.29, 0.717) is 10.7 Å². The molecule has 114 valence electrons. The number of thiophene rings is 1. The van der Waals surface area contributed by atoms with Gasteiger partial charge in [0.15, 0.2) is 0 Å². The van der Waals surface area contributed by atoms with Crippen LogP contribution in [0.3, 0.4) is 0 Å². The second-order valence-electron chi connectivity index (χ2n) is 4.34. The first kappa shape index (κ1) is 16.2. The van der Waals surface area contributed by atoms with Gasteiger partial charge < -0.3 is 5.32 Å². The lowest BCUT2D eigenvalue weighted by Gasteiger charge is -2.06. The third kappa shape index (κ3) is 5.31. The highest BCUT2D eigenvalue weighted by Gasteiger charge is 2.08. The number of hydrogen-bond donors (Lipinski definition) is 2. The van der Waals surface area contributed by atoms with Crippen LogP contribution in [0.4, 0.5) is 5.69 Å². The molecule has 2 N–H and O–H groups in total. The Labute approximate surface area is 137 Å². The molecule has 0 aliphatic heterocycles. The molecule has 22 heavy (non-hydrogen) atoms. The quantitative estimate of drug-likeness (QED) is 0.628. The fourth-order valence-electron chi connectivity index (χ4n) is 1.59. The van der Waals surface area contributed by atoms with Gasteiger partial charge >= 0.3 is 0 Å². The van der Waals surface area contributed by atoms with E-state index in [1.807, 2.05) is 17.5 Å². The van der Waals surface area contributed by atoms with E-state index in [0.717, 1.165) is 4.88 Å². The lowest BCUT2D eigenvalue weighted by molar-refractivity contribution is -0.124. The van der Waals surface area contributed by atoms with Crippen LogP contribution in [0.2, 0.25) is 5.02 Å². The summed E-state index contributed by atoms with van der Waals surface area (Å²) < 4.78 is 0. The molecule has 1 heterocycles. The molecule has 0 saturated heterocycles. The van der Waals surface area contributed by atoms with Crippen molar-refractivity contribution in [1.29, 1.82) is 0 Å². The van der Waals surface area contributed by atoms with Gasteiger partial charge in [-0.2, -0.15) is 5.10 Å². The van der Waals surface area contributed by atoms with Gasteiger partial charge in [-0.25, -0.2) is 5.43 Å². The predicted molar refractivity (Wildman–Crippen MR) is 89.4 cm³/mol. The number of hydrogen-bond acceptors (Lipinski definition) is 4. The molecule has 5 nitrogen and oxygen atoms in total. The van der Waals surface area contributed by atoms with Gasteiger partial charge in [0.25, 0.3) is 0 Å². The average molecular weight is 336 g/mol. The summed E-state index contributed by atoms with van der Waals surface area (Å²) in [6.07, 6.45) is 1.68. The minimum Gasteiger partial charge on any atom is -0.325 e. The van der Waals surface area contributed by atoms with Crippen LogP contribution in [-0.4, -0.2) is 18.0 Å². The van der Waals surface area contributed by atoms with Crippen LogP contribution in [0.15, 0.2) is 46.9 Å². The Morgan fingerprint density at radius 2 is 1.91 bits per heavy atom. The number of nitrogens with zero attached hydrogens (tertiary/aromatic N) is 1. The zero-order valence-electron chi connectivity index (χ0n) is 11.6. The summed E-state index contributed by atoms with van der Waals surface area (Å²) in [6, 6.07) is 10.7. The van der Waals surface area contributed by atoms with E-state index in [1.54, 1.807) is 30.5 Å². The summed E-state index contributed by atoms with van der Waals surface area (Å²) in [6.45, 7) is 0. The highest BCUT2D eigenvalue weighted by atomic mass is 35.5. The van der Waals surface area contributed by atoms with E-state index in [9.17, 15) is 9.59 Å². The minimum absolute atomic E-state index is 0.0536. The normalized spacial score (nSPS) is 10.6. The first-order chi connectivity index (χ1) is 10.6. The number of amides is 2. The summed E-state index contributed by atoms with van der Waals surface area (Å²) in [5.74, 6) is -0.590. The first-order valence-electron chi connectivity index (χ1n) is 6.55. The number of halogens is 1. The topological polar surface area (TPSA) is 70.6 Å². The van der Waals surface area contributed by atoms with Crippen molar-refractivity contribution in [2.24, 2.45) is 5.10 Å². The summed E-state index contributed by atoms with van der Waals surface area (Å²) >= 11 is 7.45. The number of benzene rings is 1. The number of anilines is 1. The van der Waals surface area contributed by atoms with Crippen LogP contribution < -0.4 is 10.7 Å². The van der Waals surface area contributed by atoms with Crippen LogP contribution in [0, 0.1) is 0 Å². The van der Waals surface area contributed by atoms with Crippen molar-refractivity contribution in [3.8, 4) is 0 Å². The van der Waals surface area contributed by atoms with Crippen molar-refractivity contribution in [3.05, 3.63) is 51.7 Å². The van der Waals surface area contributed by atoms with Crippen molar-refractivity contribution < 1.29 is 9.59 Å². The number of nitrogens with one attached hydrogen (secondary N) is 2. The van der Waals surface area contributed by atoms with Crippen molar-refractivity contribution in [2.75, 3.05) is 5.32 Å². The van der Waals surface area contributed by atoms with Crippen molar-refractivity contribution in [3.63, 3.8) is 0 Å². The summed E-state index contributed by atoms with van der Waals surface area (Å²) in [5.41, 5.74) is 2.92. The SMILES string of the molecule is O=C(CCC(=O)Nc1ccccc1Cl)N/N=C\c1cccs1. The molecule has 2 rings (SSSR count). The molecule has 0 saturated carbocycles. The minimum atomic E-state index is -0.317. The highest BCUT2D eigenvalue weighted by Crippen LogP contribution is 2.20. The largest absolute Gasteiger partial charge is 0.325 e. The number of para-hydroxylation sites is 1. The van der Waals surface area contributed by atoms with E-state index in [-0.39, 0.29) is 24.7 Å². The fraction of sp³-hybridized carbons (Fsp3) is 0.133. The Hall–Kier alpha value is -2.18. The van der Waals surface area contributed by atoms with E-state index in [2.05, 4.69) is 15.8 Å². The Morgan fingerprint density at radius 1 is 1.14 bits per heavy atom. The van der Waals surface area contributed by atoms with E-state index >= 15 is 0 Å². The van der Waals surface area contributed by atoms with Gasteiger partial charge in [0.05, 0.1) is 16.9 Å². The van der Waals surface area contributed by atoms with E-state index < -0.39 is 0 Å². The zero-order chi connectivity index (χ0) is 15.8. The maximum absolute atomic E-state index is 11.7. The average Bonchev–Trinajstić information content (AvgIpc) is 3.01. The van der Waals surface area contributed by atoms with Gasteiger partial charge in [0, 0.05) is 17.7 Å². The molecule has 0 fully saturated rings. The Bertz CT molecular complexity index is 671. The van der Waals surface area contributed by atoms with Crippen molar-refractivity contribution >= 4 is 46.7 Å². The molecule has 2 aromatic rings. The van der Waals surface area contributed by atoms with Gasteiger partial charge in [-0.05, 0) is 23.6 Å². The molecule has 1 aromatic heterocycles. The van der Waals surface area contributed by atoms with Crippen molar-refractivity contribution in [2.45, 2.75) is 12.8 Å². The number of rotatable bonds is 6. The molecule has 0 radical (unpaired) electrons. The summed E-state index contributed by atoms with van der Waals surface area (Å²) in [5, 5.41) is 8.86. The van der Waals surface area contributed by atoms with E-state index in [4.69, 9.17) is 11.6 Å². The number of carbonyl (C=O) groups excluding carboxylic acids is 2. The molecular formula is C15H14ClN3O2S. The second kappa shape index (κ2) is 8.31. The van der Waals surface area contributed by atoms with Gasteiger partial charge in [-0.1, -0.05) is 29.8 Å². The molecule has 1 aromatic carbocycles. The smallest absolute Gasteiger partial charge is 0.240 e. The summed E-state index contributed by atoms with van der Waals surface area (Å²) in [7, 11) is 0. The van der Waals surface area contributed by atoms with Crippen LogP contribution in [0.25, 0.3) is 0 Å². The third-order valence-electron chi connectivity index (χ3n) is 2.65. The van der Waals surface area contributed by atoms with Crippen LogP contribution >= 0.6 is 22.9 Å². The fourth-order valence-corrected chi connectivity index (χ4v) is 2.36. The molecule has 2 amide bonds. The van der Waals surface area contributed by atoms with Crippen LogP contribution in [0.1, 0.15) is 17.7 Å². The Kier molecular flexibility index (Phi) is 6.12. The first-order valence-corrected chi connectivity index (χ1v) is 7.80. The standard InChI is InChI=1S/C15H14ClN3O2S/c16-12-5-1-2-6-13(12)18-14(20)7-8-15(21)19-17-10-11-4-3-9-22-11/h1-6,9-10H,7-8H2,(H,18,20)(H,19,21)/b17-10-. The molecule has 7 heteroatoms. The van der Waals surface area contributed by atoms with Gasteiger partial charge in [0.2, 0.25) is 11.8 Å². The highest BCUT2D eigenvalue weighted by molar-refractivity contribution is 7.11. The van der Waals surface area contributed by atoms with Crippen LogP contribution in [-0.2, 0) is 9.59 Å². The van der Waals surface area contributed by atoms with Crippen molar-refractivity contribution in [1.82, 2.24) is 5.43 Å². The molecule has 0 bridgehead atoms. The van der Waals surface area contributed by atoms with E-state index in [1.165, 1.54) is 11.3 Å².